The van der Waals surface area contributed by atoms with Crippen molar-refractivity contribution in [2.75, 3.05) is 13.1 Å². The van der Waals surface area contributed by atoms with Crippen LogP contribution in [-0.4, -0.2) is 213 Å². The molecule has 0 radical (unpaired) electrons. The quantitative estimate of drug-likeness (QED) is 0.0969. The van der Waals surface area contributed by atoms with E-state index in [0.717, 1.165) is 25.7 Å². The van der Waals surface area contributed by atoms with Crippen molar-refractivity contribution in [1.82, 2.24) is 10.6 Å². The molecular formula is C75H121N3O20. The summed E-state index contributed by atoms with van der Waals surface area (Å²) in [6.45, 7) is 13.9. The minimum atomic E-state index is -2.34. The van der Waals surface area contributed by atoms with Gasteiger partial charge in [-0.3, -0.25) is 14.4 Å². The van der Waals surface area contributed by atoms with E-state index in [0.29, 0.717) is 51.5 Å². The van der Waals surface area contributed by atoms with Crippen LogP contribution in [0, 0.1) is 64.1 Å². The highest BCUT2D eigenvalue weighted by atomic mass is 16.7. The maximum absolute atomic E-state index is 14.4. The van der Waals surface area contributed by atoms with Crippen molar-refractivity contribution in [2.24, 2.45) is 69.8 Å². The van der Waals surface area contributed by atoms with Gasteiger partial charge in [0.1, 0.15) is 12.2 Å². The molecule has 0 aromatic heterocycles. The van der Waals surface area contributed by atoms with Gasteiger partial charge >= 0.3 is 5.97 Å². The average molecular weight is 1380 g/mol. The Labute approximate surface area is 580 Å². The van der Waals surface area contributed by atoms with Crippen LogP contribution >= 0.6 is 0 Å². The predicted molar refractivity (Wildman–Crippen MR) is 367 cm³/mol. The number of unbranched alkanes of at least 4 members (excludes halogenated alkanes) is 1. The van der Waals surface area contributed by atoms with Crippen LogP contribution in [0.4, 0.5) is 0 Å². The van der Waals surface area contributed by atoms with Gasteiger partial charge in [0.25, 0.3) is 0 Å². The maximum Gasteiger partial charge on any atom is 0.308 e. The first-order valence-electron chi connectivity index (χ1n) is 36.4. The molecule has 4 saturated carbocycles. The molecule has 2 amide bonds. The number of amides is 2. The normalized spacial score (nSPS) is 44.2. The van der Waals surface area contributed by atoms with Gasteiger partial charge in [0.05, 0.1) is 104 Å². The number of nitrogens with two attached hydrogens (primary N) is 1. The Kier molecular flexibility index (Phi) is 31.0. The lowest BCUT2D eigenvalue weighted by Crippen LogP contribution is -2.62. The molecule has 23 heteroatoms. The number of nitrogens with one attached hydrogen (secondary N) is 2. The molecule has 7 rings (SSSR count). The van der Waals surface area contributed by atoms with Gasteiger partial charge in [-0.15, -0.1) is 0 Å². The van der Waals surface area contributed by atoms with E-state index in [1.165, 1.54) is 0 Å². The molecule has 3 heterocycles. The second-order valence-corrected chi connectivity index (χ2v) is 30.6. The molecular weight excluding hydrogens is 1260 g/mol. The summed E-state index contributed by atoms with van der Waals surface area (Å²) in [5.41, 5.74) is 5.79. The molecule has 0 unspecified atom stereocenters. The highest BCUT2D eigenvalue weighted by molar-refractivity contribution is 5.80. The van der Waals surface area contributed by atoms with Gasteiger partial charge in [-0.2, -0.15) is 0 Å². The minimum absolute atomic E-state index is 0.0238. The number of rotatable bonds is 12. The zero-order chi connectivity index (χ0) is 71.8. The fourth-order valence-corrected chi connectivity index (χ4v) is 17.6. The summed E-state index contributed by atoms with van der Waals surface area (Å²) >= 11 is 0. The number of fused-ring (bicyclic) bond motifs is 7. The summed E-state index contributed by atoms with van der Waals surface area (Å²) in [7, 11) is 0. The Morgan fingerprint density at radius 1 is 0.633 bits per heavy atom. The lowest BCUT2D eigenvalue weighted by atomic mass is 9.43. The first-order valence-corrected chi connectivity index (χ1v) is 36.4. The minimum Gasteiger partial charge on any atom is -0.462 e. The zero-order valence-electron chi connectivity index (χ0n) is 58.8. The Morgan fingerprint density at radius 2 is 1.26 bits per heavy atom. The van der Waals surface area contributed by atoms with Crippen molar-refractivity contribution in [3.63, 3.8) is 0 Å². The number of aliphatic hydroxyl groups excluding tert-OH is 12. The third kappa shape index (κ3) is 21.5. The highest BCUT2D eigenvalue weighted by Gasteiger charge is 2.66. The summed E-state index contributed by atoms with van der Waals surface area (Å²) in [6, 6.07) is -1.17. The van der Waals surface area contributed by atoms with Gasteiger partial charge in [0.2, 0.25) is 11.8 Å². The summed E-state index contributed by atoms with van der Waals surface area (Å²) in [4.78, 5) is 40.6. The van der Waals surface area contributed by atoms with E-state index in [1.807, 2.05) is 37.3 Å². The van der Waals surface area contributed by atoms with Crippen LogP contribution in [-0.2, 0) is 33.3 Å². The van der Waals surface area contributed by atoms with Crippen LogP contribution < -0.4 is 16.4 Å². The third-order valence-corrected chi connectivity index (χ3v) is 23.6. The predicted octanol–water partition coefficient (Wildman–Crippen LogP) is 4.02. The fraction of sp³-hybridized carbons (Fsp3) is 0.773. The molecule has 3 aliphatic heterocycles. The standard InChI is InChI=1S/C75H121N3O20/c1-43(54-26-27-55-65-56(40-62(87)74(54,55)7)73(6)31-30-50(80)34-48(73)35-59(65)85)24-29-63(88)77-32-20-21-33-78-71(93)66-60(86)42-75(94)41-52(82)37-58(84)57(83)28-25-49(79)36-51(81)38-64(89)95-46(4)45(3)68(90)44(2)22-18-16-14-12-10-8-9-11-13-15-17-19-23-53(39-61(66)98-75)97-72-70(92)67(76)69(91)47(5)96-72/h8-19,22-23,43-62,65-70,72,79-87,90-92,94H,20-21,24-42,76H2,1-7H3,(H,77,88)(H,78,93)/t43-,44+,45+,46+,47-,48+,49-,50-,51-,52+,53+,54-,55+,56+,57-,58-,59-,60+,61+,62+,65+,66-,67+,68-,69-,70+,72+,73+,74-,75-/m1/s1. The average Bonchev–Trinajstić information content (AvgIpc) is 1.39. The van der Waals surface area contributed by atoms with Crippen LogP contribution in [0.25, 0.3) is 0 Å². The number of cyclic esters (lactones) is 1. The van der Waals surface area contributed by atoms with Crippen LogP contribution in [0.5, 0.6) is 0 Å². The summed E-state index contributed by atoms with van der Waals surface area (Å²) in [5, 5.41) is 152. The topological polar surface area (TPSA) is 401 Å². The first kappa shape index (κ1) is 81.2. The van der Waals surface area contributed by atoms with Gasteiger partial charge < -0.3 is 102 Å². The Morgan fingerprint density at radius 3 is 1.92 bits per heavy atom. The van der Waals surface area contributed by atoms with E-state index in [4.69, 9.17) is 24.7 Å². The van der Waals surface area contributed by atoms with E-state index in [-0.39, 0.29) is 96.5 Å². The molecule has 4 aliphatic carbocycles. The van der Waals surface area contributed by atoms with Crippen LogP contribution in [0.2, 0.25) is 0 Å². The zero-order valence-corrected chi connectivity index (χ0v) is 58.8. The van der Waals surface area contributed by atoms with Crippen molar-refractivity contribution in [1.29, 1.82) is 0 Å². The number of carbonyl (C=O) groups is 3. The number of aliphatic hydroxyl groups is 13. The molecule has 23 nitrogen and oxygen atoms in total. The van der Waals surface area contributed by atoms with Crippen molar-refractivity contribution >= 4 is 17.8 Å². The molecule has 0 aromatic carbocycles. The fourth-order valence-electron chi connectivity index (χ4n) is 17.6. The molecule has 0 aromatic rings. The number of allylic oxidation sites excluding steroid dienone is 12. The van der Waals surface area contributed by atoms with E-state index < -0.39 is 159 Å². The number of esters is 1. The Hall–Kier alpha value is -4.09. The second-order valence-electron chi connectivity index (χ2n) is 30.6. The SMILES string of the molecule is C[C@@H]1[C@H](O)[C@@H](C)C=CC=CC=CC=CC=CC=CC=C[C@H](O[C@@H]2O[C@H](C)[C@@H](O)[C@H](N)[C@@H]2O)C[C@@H]2O[C@](O)(C[C@@H](O)C[C@@H](O)[C@H](O)CC[C@@H](O)C[C@@H](O)CC(=O)O[C@H]1C)C[C@H](O)[C@H]2C(=O)NCCCCNC(=O)CC[C@@H](C)[C@H]1CC[C@H]2[C@@H]3[C@H](O)C[C@@H]4C[C@H](O)CC[C@]4(C)[C@H]3C[C@H](O)[C@]12C. The smallest absolute Gasteiger partial charge is 0.308 e. The third-order valence-electron chi connectivity index (χ3n) is 23.6. The first-order chi connectivity index (χ1) is 46.4. The van der Waals surface area contributed by atoms with Crippen LogP contribution in [0.3, 0.4) is 0 Å². The van der Waals surface area contributed by atoms with Crippen molar-refractivity contribution < 1.29 is 99.7 Å². The summed E-state index contributed by atoms with van der Waals surface area (Å²) in [5.74, 6) is -4.93. The highest BCUT2D eigenvalue weighted by Crippen LogP contribution is 2.68. The second kappa shape index (κ2) is 37.4. The summed E-state index contributed by atoms with van der Waals surface area (Å²) in [6.07, 6.45) is 9.87. The van der Waals surface area contributed by atoms with E-state index in [2.05, 4.69) is 31.4 Å². The van der Waals surface area contributed by atoms with E-state index >= 15 is 0 Å². The molecule has 98 heavy (non-hydrogen) atoms. The molecule has 30 atom stereocenters. The van der Waals surface area contributed by atoms with Gasteiger partial charge in [0, 0.05) is 57.0 Å². The maximum atomic E-state index is 14.4. The van der Waals surface area contributed by atoms with Crippen LogP contribution in [0.15, 0.2) is 85.1 Å². The van der Waals surface area contributed by atoms with Gasteiger partial charge in [-0.05, 0) is 144 Å². The van der Waals surface area contributed by atoms with Crippen molar-refractivity contribution in [3.8, 4) is 0 Å². The molecule has 0 spiro atoms. The molecule has 17 N–H and O–H groups in total. The molecule has 2 bridgehead atoms. The Balaban J connectivity index is 0.995. The lowest BCUT2D eigenvalue weighted by Gasteiger charge is -2.63. The molecule has 6 fully saturated rings. The number of carbonyl (C=O) groups excluding carboxylic acids is 3. The van der Waals surface area contributed by atoms with E-state index in [9.17, 15) is 80.8 Å². The van der Waals surface area contributed by atoms with Crippen molar-refractivity contribution in [3.05, 3.63) is 85.1 Å². The Bertz CT molecular complexity index is 2730. The molecule has 2 saturated heterocycles. The van der Waals surface area contributed by atoms with E-state index in [1.54, 1.807) is 75.5 Å². The molecule has 556 valence electrons. The van der Waals surface area contributed by atoms with Gasteiger partial charge in [-0.1, -0.05) is 120 Å². The van der Waals surface area contributed by atoms with Gasteiger partial charge in [-0.25, -0.2) is 0 Å². The molecule has 7 aliphatic rings. The summed E-state index contributed by atoms with van der Waals surface area (Å²) < 4.78 is 24.1. The van der Waals surface area contributed by atoms with Gasteiger partial charge in [0.15, 0.2) is 12.1 Å². The number of ether oxygens (including phenoxy) is 4. The monoisotopic (exact) mass is 1380 g/mol. The van der Waals surface area contributed by atoms with Crippen LogP contribution in [0.1, 0.15) is 170 Å². The largest absolute Gasteiger partial charge is 0.462 e. The lowest BCUT2D eigenvalue weighted by molar-refractivity contribution is -0.307. The number of hydrogen-bond donors (Lipinski definition) is 16. The van der Waals surface area contributed by atoms with Crippen molar-refractivity contribution in [2.45, 2.75) is 286 Å². The number of hydrogen-bond acceptors (Lipinski definition) is 21.